The highest BCUT2D eigenvalue weighted by Crippen LogP contribution is 2.11. The molecule has 3 aromatic rings. The molecule has 0 atom stereocenters. The predicted octanol–water partition coefficient (Wildman–Crippen LogP) is 2.16. The summed E-state index contributed by atoms with van der Waals surface area (Å²) in [5.74, 6) is -1.44. The number of aromatic amines is 1. The van der Waals surface area contributed by atoms with Crippen molar-refractivity contribution in [3.8, 4) is 0 Å². The Bertz CT molecular complexity index is 991. The maximum Gasteiger partial charge on any atom is 0.335 e. The summed E-state index contributed by atoms with van der Waals surface area (Å²) >= 11 is 0. The van der Waals surface area contributed by atoms with Gasteiger partial charge >= 0.3 is 5.97 Å². The van der Waals surface area contributed by atoms with Crippen LogP contribution in [0.15, 0.2) is 59.5 Å². The Morgan fingerprint density at radius 3 is 2.62 bits per heavy atom. The number of fused-ring (bicyclic) bond motifs is 1. The minimum atomic E-state index is -1.08. The van der Waals surface area contributed by atoms with Gasteiger partial charge in [0.2, 0.25) is 0 Å². The molecule has 0 saturated heterocycles. The molecule has 1 amide bonds. The molecule has 0 aliphatic heterocycles. The fraction of sp³-hybridized carbons (Fsp3) is 0.0556. The number of nitrogens with one attached hydrogen (secondary N) is 2. The monoisotopic (exact) mass is 322 g/mol. The molecule has 0 unspecified atom stereocenters. The Hall–Kier alpha value is -3.41. The summed E-state index contributed by atoms with van der Waals surface area (Å²) in [5, 5.41) is 12.3. The lowest BCUT2D eigenvalue weighted by molar-refractivity contribution is 0.0697. The minimum absolute atomic E-state index is 0.0610. The van der Waals surface area contributed by atoms with E-state index in [-0.39, 0.29) is 29.0 Å². The number of carboxylic acids is 1. The van der Waals surface area contributed by atoms with Crippen molar-refractivity contribution < 1.29 is 14.7 Å². The largest absolute Gasteiger partial charge is 0.478 e. The lowest BCUT2D eigenvalue weighted by Crippen LogP contribution is -2.23. The third kappa shape index (κ3) is 3.17. The number of amides is 1. The van der Waals surface area contributed by atoms with E-state index < -0.39 is 5.97 Å². The van der Waals surface area contributed by atoms with E-state index in [1.807, 2.05) is 0 Å². The zero-order valence-corrected chi connectivity index (χ0v) is 12.6. The summed E-state index contributed by atoms with van der Waals surface area (Å²) in [6, 6.07) is 12.6. The van der Waals surface area contributed by atoms with Crippen LogP contribution in [0.4, 0.5) is 0 Å². The van der Waals surface area contributed by atoms with Crippen LogP contribution in [-0.2, 0) is 6.54 Å². The molecule has 24 heavy (non-hydrogen) atoms. The molecule has 1 heterocycles. The molecule has 0 fully saturated rings. The number of carbonyl (C=O) groups excluding carboxylic acids is 1. The van der Waals surface area contributed by atoms with Crippen LogP contribution in [0.2, 0.25) is 0 Å². The smallest absolute Gasteiger partial charge is 0.335 e. The summed E-state index contributed by atoms with van der Waals surface area (Å²) in [7, 11) is 0. The first-order valence-electron chi connectivity index (χ1n) is 7.26. The van der Waals surface area contributed by atoms with Crippen LogP contribution >= 0.6 is 0 Å². The number of hydrogen-bond acceptors (Lipinski definition) is 3. The average Bonchev–Trinajstić information content (AvgIpc) is 2.60. The molecule has 0 bridgehead atoms. The van der Waals surface area contributed by atoms with Crippen LogP contribution in [0.3, 0.4) is 0 Å². The lowest BCUT2D eigenvalue weighted by atomic mass is 10.1. The highest BCUT2D eigenvalue weighted by atomic mass is 16.4. The second kappa shape index (κ2) is 6.37. The van der Waals surface area contributed by atoms with Gasteiger partial charge in [-0.25, -0.2) is 4.79 Å². The van der Waals surface area contributed by atoms with Gasteiger partial charge in [-0.3, -0.25) is 9.59 Å². The number of hydrogen-bond donors (Lipinski definition) is 3. The second-order valence-corrected chi connectivity index (χ2v) is 5.29. The van der Waals surface area contributed by atoms with Crippen LogP contribution in [0.5, 0.6) is 0 Å². The van der Waals surface area contributed by atoms with Crippen LogP contribution in [0.25, 0.3) is 10.9 Å². The van der Waals surface area contributed by atoms with Crippen molar-refractivity contribution in [3.63, 3.8) is 0 Å². The molecule has 0 spiro atoms. The standard InChI is InChI=1S/C18H14N2O4/c21-16-6-7-19-15-8-11(4-5-14(15)16)10-20-17(22)12-2-1-3-13(9-12)18(23)24/h1-9H,10H2,(H,19,21)(H,20,22)(H,23,24). The van der Waals surface area contributed by atoms with Crippen LogP contribution in [0.1, 0.15) is 26.3 Å². The van der Waals surface area contributed by atoms with E-state index in [9.17, 15) is 14.4 Å². The molecule has 6 nitrogen and oxygen atoms in total. The van der Waals surface area contributed by atoms with E-state index in [0.29, 0.717) is 10.9 Å². The number of aromatic nitrogens is 1. The number of carbonyl (C=O) groups is 2. The highest BCUT2D eigenvalue weighted by molar-refractivity contribution is 5.97. The van der Waals surface area contributed by atoms with Gasteiger partial charge < -0.3 is 15.4 Å². The average molecular weight is 322 g/mol. The fourth-order valence-corrected chi connectivity index (χ4v) is 2.41. The van der Waals surface area contributed by atoms with E-state index in [4.69, 9.17) is 5.11 Å². The van der Waals surface area contributed by atoms with Gasteiger partial charge in [0, 0.05) is 35.3 Å². The minimum Gasteiger partial charge on any atom is -0.478 e. The normalized spacial score (nSPS) is 10.5. The van der Waals surface area contributed by atoms with Crippen molar-refractivity contribution in [1.29, 1.82) is 0 Å². The van der Waals surface area contributed by atoms with Crippen molar-refractivity contribution >= 4 is 22.8 Å². The molecular formula is C18H14N2O4. The molecule has 2 aromatic carbocycles. The van der Waals surface area contributed by atoms with E-state index in [1.165, 1.54) is 24.3 Å². The summed E-state index contributed by atoms with van der Waals surface area (Å²) in [6.07, 6.45) is 1.57. The molecule has 3 N–H and O–H groups in total. The van der Waals surface area contributed by atoms with Crippen molar-refractivity contribution in [2.45, 2.75) is 6.54 Å². The molecule has 0 radical (unpaired) electrons. The maximum absolute atomic E-state index is 12.1. The quantitative estimate of drug-likeness (QED) is 0.685. The third-order valence-corrected chi connectivity index (χ3v) is 3.65. The van der Waals surface area contributed by atoms with Crippen molar-refractivity contribution in [1.82, 2.24) is 10.3 Å². The Labute approximate surface area is 136 Å². The Kier molecular flexibility index (Phi) is 4.11. The predicted molar refractivity (Wildman–Crippen MR) is 89.1 cm³/mol. The maximum atomic E-state index is 12.1. The first-order valence-corrected chi connectivity index (χ1v) is 7.26. The number of rotatable bonds is 4. The lowest BCUT2D eigenvalue weighted by Gasteiger charge is -2.07. The van der Waals surface area contributed by atoms with Crippen molar-refractivity contribution in [2.24, 2.45) is 0 Å². The summed E-state index contributed by atoms with van der Waals surface area (Å²) in [6.45, 7) is 0.267. The zero-order chi connectivity index (χ0) is 17.1. The van der Waals surface area contributed by atoms with Crippen LogP contribution in [0, 0.1) is 0 Å². The van der Waals surface area contributed by atoms with Crippen molar-refractivity contribution in [3.05, 3.63) is 81.6 Å². The first-order chi connectivity index (χ1) is 11.5. The van der Waals surface area contributed by atoms with E-state index in [1.54, 1.807) is 30.5 Å². The summed E-state index contributed by atoms with van der Waals surface area (Å²) < 4.78 is 0. The second-order valence-electron chi connectivity index (χ2n) is 5.29. The molecule has 0 aliphatic rings. The van der Waals surface area contributed by atoms with Gasteiger partial charge in [0.25, 0.3) is 5.91 Å². The Balaban J connectivity index is 1.76. The molecule has 0 aliphatic carbocycles. The summed E-state index contributed by atoms with van der Waals surface area (Å²) in [5.41, 5.74) is 1.80. The van der Waals surface area contributed by atoms with E-state index in [2.05, 4.69) is 10.3 Å². The molecular weight excluding hydrogens is 308 g/mol. The highest BCUT2D eigenvalue weighted by Gasteiger charge is 2.09. The summed E-state index contributed by atoms with van der Waals surface area (Å²) in [4.78, 5) is 37.8. The number of pyridine rings is 1. The zero-order valence-electron chi connectivity index (χ0n) is 12.6. The van der Waals surface area contributed by atoms with Crippen molar-refractivity contribution in [2.75, 3.05) is 0 Å². The third-order valence-electron chi connectivity index (χ3n) is 3.65. The molecule has 120 valence electrons. The van der Waals surface area contributed by atoms with Gasteiger partial charge in [0.1, 0.15) is 0 Å². The molecule has 6 heteroatoms. The molecule has 3 rings (SSSR count). The Morgan fingerprint density at radius 2 is 1.83 bits per heavy atom. The number of H-pyrrole nitrogens is 1. The van der Waals surface area contributed by atoms with E-state index in [0.717, 1.165) is 5.56 Å². The first kappa shape index (κ1) is 15.5. The molecule has 0 saturated carbocycles. The Morgan fingerprint density at radius 1 is 1.04 bits per heavy atom. The van der Waals surface area contributed by atoms with Gasteiger partial charge in [-0.15, -0.1) is 0 Å². The van der Waals surface area contributed by atoms with Gasteiger partial charge in [0.05, 0.1) is 5.56 Å². The number of aromatic carboxylic acids is 1. The van der Waals surface area contributed by atoms with E-state index >= 15 is 0 Å². The molecule has 1 aromatic heterocycles. The number of carboxylic acid groups (broad SMARTS) is 1. The van der Waals surface area contributed by atoms with Crippen LogP contribution < -0.4 is 10.7 Å². The van der Waals surface area contributed by atoms with Gasteiger partial charge in [-0.2, -0.15) is 0 Å². The topological polar surface area (TPSA) is 99.3 Å². The fourth-order valence-electron chi connectivity index (χ4n) is 2.41. The van der Waals surface area contributed by atoms with Gasteiger partial charge in [-0.05, 0) is 35.9 Å². The number of benzene rings is 2. The van der Waals surface area contributed by atoms with Gasteiger partial charge in [-0.1, -0.05) is 12.1 Å². The van der Waals surface area contributed by atoms with Gasteiger partial charge in [0.15, 0.2) is 5.43 Å². The van der Waals surface area contributed by atoms with Crippen LogP contribution in [-0.4, -0.2) is 22.0 Å². The SMILES string of the molecule is O=C(O)c1cccc(C(=O)NCc2ccc3c(=O)cc[nH]c3c2)c1.